The standard InChI is InChI=1S/C18H29NO4/c1-22-17(20)13-16(18(21)23-2)19(14-9-5-3-6-10-14)15-11-7-4-8-12-15/h13-15H,3-12H2,1-2H3/b16-13+. The molecule has 5 heteroatoms. The molecule has 2 rings (SSSR count). The van der Waals surface area contributed by atoms with Gasteiger partial charge in [-0.25, -0.2) is 9.59 Å². The van der Waals surface area contributed by atoms with E-state index in [1.807, 2.05) is 0 Å². The predicted molar refractivity (Wildman–Crippen MR) is 87.7 cm³/mol. The minimum atomic E-state index is -0.498. The van der Waals surface area contributed by atoms with Crippen LogP contribution in [0.15, 0.2) is 11.8 Å². The molecule has 2 saturated carbocycles. The summed E-state index contributed by atoms with van der Waals surface area (Å²) in [6.45, 7) is 0. The molecule has 0 bridgehead atoms. The Morgan fingerprint density at radius 3 is 1.70 bits per heavy atom. The summed E-state index contributed by atoms with van der Waals surface area (Å²) < 4.78 is 9.71. The maximum atomic E-state index is 12.4. The van der Waals surface area contributed by atoms with Crippen molar-refractivity contribution in [3.8, 4) is 0 Å². The first-order valence-corrected chi connectivity index (χ1v) is 8.83. The van der Waals surface area contributed by atoms with Crippen LogP contribution in [0.25, 0.3) is 0 Å². The zero-order chi connectivity index (χ0) is 16.7. The molecule has 0 aliphatic heterocycles. The smallest absolute Gasteiger partial charge is 0.354 e. The second kappa shape index (κ2) is 8.94. The summed E-state index contributed by atoms with van der Waals surface area (Å²) >= 11 is 0. The minimum absolute atomic E-state index is 0.321. The topological polar surface area (TPSA) is 55.8 Å². The molecule has 2 fully saturated rings. The fourth-order valence-corrected chi connectivity index (χ4v) is 3.92. The molecule has 0 aromatic heterocycles. The predicted octanol–water partition coefficient (Wildman–Crippen LogP) is 3.18. The number of ether oxygens (including phenoxy) is 2. The van der Waals surface area contributed by atoms with Gasteiger partial charge in [0.2, 0.25) is 0 Å². The van der Waals surface area contributed by atoms with Gasteiger partial charge in [0.1, 0.15) is 5.70 Å². The second-order valence-electron chi connectivity index (χ2n) is 6.54. The molecule has 2 aliphatic carbocycles. The van der Waals surface area contributed by atoms with E-state index in [-0.39, 0.29) is 0 Å². The van der Waals surface area contributed by atoms with Crippen LogP contribution in [0.3, 0.4) is 0 Å². The van der Waals surface area contributed by atoms with E-state index in [9.17, 15) is 9.59 Å². The Hall–Kier alpha value is -1.52. The van der Waals surface area contributed by atoms with Crippen molar-refractivity contribution in [3.63, 3.8) is 0 Å². The quantitative estimate of drug-likeness (QED) is 0.574. The zero-order valence-electron chi connectivity index (χ0n) is 14.4. The van der Waals surface area contributed by atoms with Gasteiger partial charge >= 0.3 is 11.9 Å². The van der Waals surface area contributed by atoms with E-state index in [0.29, 0.717) is 17.8 Å². The fourth-order valence-electron chi connectivity index (χ4n) is 3.92. The van der Waals surface area contributed by atoms with Crippen LogP contribution < -0.4 is 0 Å². The van der Waals surface area contributed by atoms with Crippen molar-refractivity contribution in [2.75, 3.05) is 14.2 Å². The fraction of sp³-hybridized carbons (Fsp3) is 0.778. The number of esters is 2. The Bertz CT molecular complexity index is 416. The van der Waals surface area contributed by atoms with Crippen molar-refractivity contribution in [1.29, 1.82) is 0 Å². The van der Waals surface area contributed by atoms with Crippen LogP contribution >= 0.6 is 0 Å². The molecule has 0 spiro atoms. The molecule has 0 N–H and O–H groups in total. The van der Waals surface area contributed by atoms with E-state index in [0.717, 1.165) is 25.7 Å². The maximum absolute atomic E-state index is 12.4. The number of hydrogen-bond donors (Lipinski definition) is 0. The average Bonchev–Trinajstić information content (AvgIpc) is 2.62. The van der Waals surface area contributed by atoms with E-state index in [2.05, 4.69) is 4.90 Å². The highest BCUT2D eigenvalue weighted by molar-refractivity contribution is 5.95. The number of rotatable bonds is 5. The van der Waals surface area contributed by atoms with Gasteiger partial charge in [-0.05, 0) is 25.7 Å². The molecule has 0 amide bonds. The molecule has 0 radical (unpaired) electrons. The third kappa shape index (κ3) is 4.72. The van der Waals surface area contributed by atoms with Gasteiger partial charge in [0.25, 0.3) is 0 Å². The van der Waals surface area contributed by atoms with Crippen LogP contribution in [0.4, 0.5) is 0 Å². The van der Waals surface area contributed by atoms with Crippen LogP contribution in [0, 0.1) is 0 Å². The van der Waals surface area contributed by atoms with Crippen molar-refractivity contribution in [3.05, 3.63) is 11.8 Å². The van der Waals surface area contributed by atoms with E-state index in [1.165, 1.54) is 58.8 Å². The van der Waals surface area contributed by atoms with E-state index in [1.54, 1.807) is 0 Å². The van der Waals surface area contributed by atoms with Crippen molar-refractivity contribution >= 4 is 11.9 Å². The first-order chi connectivity index (χ1) is 11.2. The molecule has 130 valence electrons. The first-order valence-electron chi connectivity index (χ1n) is 8.83. The maximum Gasteiger partial charge on any atom is 0.354 e. The third-order valence-corrected chi connectivity index (χ3v) is 5.06. The average molecular weight is 323 g/mol. The van der Waals surface area contributed by atoms with Gasteiger partial charge in [-0.1, -0.05) is 38.5 Å². The number of carbonyl (C=O) groups is 2. The second-order valence-corrected chi connectivity index (χ2v) is 6.54. The van der Waals surface area contributed by atoms with Crippen molar-refractivity contribution in [1.82, 2.24) is 4.90 Å². The van der Waals surface area contributed by atoms with Crippen molar-refractivity contribution in [2.24, 2.45) is 0 Å². The SMILES string of the molecule is COC(=O)/C=C(\C(=O)OC)N(C1CCCCC1)C1CCCCC1. The van der Waals surface area contributed by atoms with Crippen LogP contribution in [0.2, 0.25) is 0 Å². The largest absolute Gasteiger partial charge is 0.466 e. The zero-order valence-corrected chi connectivity index (χ0v) is 14.4. The lowest BCUT2D eigenvalue weighted by atomic mass is 9.88. The minimum Gasteiger partial charge on any atom is -0.466 e. The number of methoxy groups -OCH3 is 2. The molecular formula is C18H29NO4. The van der Waals surface area contributed by atoms with Crippen molar-refractivity contribution < 1.29 is 19.1 Å². The molecule has 0 aromatic carbocycles. The molecule has 0 aromatic rings. The van der Waals surface area contributed by atoms with Gasteiger partial charge in [0, 0.05) is 12.1 Å². The van der Waals surface area contributed by atoms with E-state index in [4.69, 9.17) is 9.47 Å². The monoisotopic (exact) mass is 323 g/mol. The lowest BCUT2D eigenvalue weighted by molar-refractivity contribution is -0.141. The van der Waals surface area contributed by atoms with Crippen LogP contribution in [-0.2, 0) is 19.1 Å². The summed E-state index contributed by atoms with van der Waals surface area (Å²) in [6.07, 6.45) is 12.8. The summed E-state index contributed by atoms with van der Waals surface area (Å²) in [5.74, 6) is -0.937. The van der Waals surface area contributed by atoms with Gasteiger partial charge in [0.05, 0.1) is 20.3 Å². The highest BCUT2D eigenvalue weighted by atomic mass is 16.5. The Balaban J connectivity index is 2.31. The lowest BCUT2D eigenvalue weighted by Crippen LogP contribution is -2.46. The Morgan fingerprint density at radius 1 is 0.826 bits per heavy atom. The highest BCUT2D eigenvalue weighted by Gasteiger charge is 2.34. The third-order valence-electron chi connectivity index (χ3n) is 5.06. The molecule has 0 heterocycles. The van der Waals surface area contributed by atoms with Gasteiger partial charge in [-0.15, -0.1) is 0 Å². The van der Waals surface area contributed by atoms with Gasteiger partial charge < -0.3 is 14.4 Å². The normalized spacial score (nSPS) is 20.9. The molecule has 0 unspecified atom stereocenters. The summed E-state index contributed by atoms with van der Waals surface area (Å²) in [5, 5.41) is 0. The first kappa shape index (κ1) is 17.8. The Morgan fingerprint density at radius 2 is 1.30 bits per heavy atom. The molecule has 0 saturated heterocycles. The summed E-state index contributed by atoms with van der Waals surface area (Å²) in [7, 11) is 2.70. The summed E-state index contributed by atoms with van der Waals surface area (Å²) in [6, 6.07) is 0.642. The Kier molecular flexibility index (Phi) is 6.93. The number of hydrogen-bond acceptors (Lipinski definition) is 5. The van der Waals surface area contributed by atoms with E-state index < -0.39 is 11.9 Å². The summed E-state index contributed by atoms with van der Waals surface area (Å²) in [5.41, 5.74) is 0.373. The number of carbonyl (C=O) groups excluding carboxylic acids is 2. The van der Waals surface area contributed by atoms with Gasteiger partial charge in [0.15, 0.2) is 0 Å². The summed E-state index contributed by atoms with van der Waals surface area (Å²) in [4.78, 5) is 26.3. The van der Waals surface area contributed by atoms with Crippen LogP contribution in [0.5, 0.6) is 0 Å². The Labute approximate surface area is 139 Å². The molecular weight excluding hydrogens is 294 g/mol. The highest BCUT2D eigenvalue weighted by Crippen LogP contribution is 2.33. The van der Waals surface area contributed by atoms with Crippen LogP contribution in [-0.4, -0.2) is 43.1 Å². The van der Waals surface area contributed by atoms with Crippen LogP contribution in [0.1, 0.15) is 64.2 Å². The molecule has 2 aliphatic rings. The molecule has 23 heavy (non-hydrogen) atoms. The molecule has 5 nitrogen and oxygen atoms in total. The van der Waals surface area contributed by atoms with Crippen molar-refractivity contribution in [2.45, 2.75) is 76.3 Å². The lowest BCUT2D eigenvalue weighted by Gasteiger charge is -2.43. The van der Waals surface area contributed by atoms with Gasteiger partial charge in [-0.2, -0.15) is 0 Å². The van der Waals surface area contributed by atoms with E-state index >= 15 is 0 Å². The molecule has 0 atom stereocenters. The van der Waals surface area contributed by atoms with Gasteiger partial charge in [-0.3, -0.25) is 0 Å². The number of nitrogens with zero attached hydrogens (tertiary/aromatic N) is 1.